The molecule has 0 aliphatic heterocycles. The van der Waals surface area contributed by atoms with E-state index in [4.69, 9.17) is 10.5 Å². The Bertz CT molecular complexity index is 688. The zero-order chi connectivity index (χ0) is 14.8. The Morgan fingerprint density at radius 3 is 3.00 bits per heavy atom. The molecule has 108 valence electrons. The van der Waals surface area contributed by atoms with Crippen molar-refractivity contribution in [3.8, 4) is 11.1 Å². The molecule has 3 rings (SSSR count). The second-order valence-electron chi connectivity index (χ2n) is 5.09. The van der Waals surface area contributed by atoms with Crippen LogP contribution in [-0.4, -0.2) is 11.1 Å². The van der Waals surface area contributed by atoms with Crippen LogP contribution in [0.2, 0.25) is 0 Å². The lowest BCUT2D eigenvalue weighted by Gasteiger charge is -2.25. The molecule has 2 aromatic rings. The summed E-state index contributed by atoms with van der Waals surface area (Å²) in [5, 5.41) is 0. The standard InChI is InChI=1S/C16H15FN2O2/c17-14-9-19-7-6-12(14)11-4-5-13-10(8-11)2-1-3-15(13)21-16(18)20/h4-9,15H,1-3H2,(H2,18,20). The van der Waals surface area contributed by atoms with Gasteiger partial charge in [-0.2, -0.15) is 0 Å². The van der Waals surface area contributed by atoms with E-state index < -0.39 is 6.09 Å². The van der Waals surface area contributed by atoms with Gasteiger partial charge in [0.25, 0.3) is 0 Å². The fraction of sp³-hybridized carbons (Fsp3) is 0.250. The fourth-order valence-electron chi connectivity index (χ4n) is 2.81. The highest BCUT2D eigenvalue weighted by molar-refractivity contribution is 5.67. The number of aryl methyl sites for hydroxylation is 1. The summed E-state index contributed by atoms with van der Waals surface area (Å²) in [4.78, 5) is 14.7. The van der Waals surface area contributed by atoms with E-state index in [1.54, 1.807) is 12.3 Å². The van der Waals surface area contributed by atoms with Gasteiger partial charge in [0.15, 0.2) is 0 Å². The largest absolute Gasteiger partial charge is 0.442 e. The number of nitrogens with zero attached hydrogens (tertiary/aromatic N) is 1. The normalized spacial score (nSPS) is 17.1. The van der Waals surface area contributed by atoms with E-state index in [0.717, 1.165) is 36.0 Å². The van der Waals surface area contributed by atoms with Gasteiger partial charge >= 0.3 is 6.09 Å². The molecule has 1 aliphatic rings. The molecule has 1 unspecified atom stereocenters. The number of primary amides is 1. The highest BCUT2D eigenvalue weighted by Crippen LogP contribution is 2.35. The first-order valence-electron chi connectivity index (χ1n) is 6.84. The summed E-state index contributed by atoms with van der Waals surface area (Å²) in [5.74, 6) is -0.349. The molecular formula is C16H15FN2O2. The second-order valence-corrected chi connectivity index (χ2v) is 5.09. The van der Waals surface area contributed by atoms with Crippen LogP contribution in [0.15, 0.2) is 36.7 Å². The zero-order valence-electron chi connectivity index (χ0n) is 11.4. The molecule has 5 heteroatoms. The van der Waals surface area contributed by atoms with Crippen molar-refractivity contribution in [3.63, 3.8) is 0 Å². The predicted octanol–water partition coefficient (Wildman–Crippen LogP) is 3.36. The van der Waals surface area contributed by atoms with Crippen LogP contribution in [0.25, 0.3) is 11.1 Å². The number of benzene rings is 1. The first-order valence-corrected chi connectivity index (χ1v) is 6.84. The Morgan fingerprint density at radius 2 is 2.24 bits per heavy atom. The summed E-state index contributed by atoms with van der Waals surface area (Å²) in [7, 11) is 0. The summed E-state index contributed by atoms with van der Waals surface area (Å²) >= 11 is 0. The summed E-state index contributed by atoms with van der Waals surface area (Å²) in [6.07, 6.45) is 4.25. The van der Waals surface area contributed by atoms with E-state index >= 15 is 0 Å². The number of hydrogen-bond acceptors (Lipinski definition) is 3. The molecule has 0 saturated carbocycles. The topological polar surface area (TPSA) is 65.2 Å². The number of ether oxygens (including phenoxy) is 1. The van der Waals surface area contributed by atoms with Gasteiger partial charge in [-0.15, -0.1) is 0 Å². The quantitative estimate of drug-likeness (QED) is 0.920. The highest BCUT2D eigenvalue weighted by Gasteiger charge is 2.23. The Kier molecular flexibility index (Phi) is 3.56. The van der Waals surface area contributed by atoms with E-state index in [1.807, 2.05) is 18.2 Å². The molecule has 2 N–H and O–H groups in total. The van der Waals surface area contributed by atoms with Gasteiger partial charge in [-0.05, 0) is 42.0 Å². The van der Waals surface area contributed by atoms with Crippen molar-refractivity contribution < 1.29 is 13.9 Å². The third-order valence-corrected chi connectivity index (χ3v) is 3.74. The minimum atomic E-state index is -0.767. The molecule has 4 nitrogen and oxygen atoms in total. The Hall–Kier alpha value is -2.43. The molecule has 0 spiro atoms. The summed E-state index contributed by atoms with van der Waals surface area (Å²) in [6.45, 7) is 0. The number of fused-ring (bicyclic) bond motifs is 1. The van der Waals surface area contributed by atoms with Crippen LogP contribution < -0.4 is 5.73 Å². The van der Waals surface area contributed by atoms with Crippen molar-refractivity contribution in [1.29, 1.82) is 0 Å². The number of aromatic nitrogens is 1. The maximum absolute atomic E-state index is 13.8. The van der Waals surface area contributed by atoms with Crippen LogP contribution >= 0.6 is 0 Å². The molecule has 0 fully saturated rings. The van der Waals surface area contributed by atoms with Gasteiger partial charge in [-0.25, -0.2) is 9.18 Å². The van der Waals surface area contributed by atoms with E-state index in [2.05, 4.69) is 4.98 Å². The van der Waals surface area contributed by atoms with Gasteiger partial charge in [0, 0.05) is 11.8 Å². The highest BCUT2D eigenvalue weighted by atomic mass is 19.1. The van der Waals surface area contributed by atoms with Gasteiger partial charge < -0.3 is 10.5 Å². The Labute approximate surface area is 121 Å². The molecule has 1 heterocycles. The number of hydrogen-bond donors (Lipinski definition) is 1. The summed E-state index contributed by atoms with van der Waals surface area (Å²) < 4.78 is 18.9. The fourth-order valence-corrected chi connectivity index (χ4v) is 2.81. The third-order valence-electron chi connectivity index (χ3n) is 3.74. The van der Waals surface area contributed by atoms with Crippen molar-refractivity contribution in [2.75, 3.05) is 0 Å². The van der Waals surface area contributed by atoms with Crippen molar-refractivity contribution >= 4 is 6.09 Å². The number of amides is 1. The lowest BCUT2D eigenvalue weighted by molar-refractivity contribution is 0.0959. The van der Waals surface area contributed by atoms with Crippen LogP contribution in [0.4, 0.5) is 9.18 Å². The molecular weight excluding hydrogens is 271 g/mol. The molecule has 0 bridgehead atoms. The van der Waals surface area contributed by atoms with E-state index in [0.29, 0.717) is 5.56 Å². The monoisotopic (exact) mass is 286 g/mol. The minimum absolute atomic E-state index is 0.303. The molecule has 1 aromatic heterocycles. The second kappa shape index (κ2) is 5.52. The number of nitrogens with two attached hydrogens (primary N) is 1. The van der Waals surface area contributed by atoms with Crippen LogP contribution in [0, 0.1) is 5.82 Å². The van der Waals surface area contributed by atoms with E-state index in [9.17, 15) is 9.18 Å². The average molecular weight is 286 g/mol. The molecule has 1 amide bonds. The molecule has 1 aliphatic carbocycles. The van der Waals surface area contributed by atoms with Crippen molar-refractivity contribution in [2.24, 2.45) is 5.73 Å². The predicted molar refractivity (Wildman–Crippen MR) is 76.0 cm³/mol. The minimum Gasteiger partial charge on any atom is -0.442 e. The van der Waals surface area contributed by atoms with Crippen LogP contribution in [-0.2, 0) is 11.2 Å². The van der Waals surface area contributed by atoms with Gasteiger partial charge in [-0.3, -0.25) is 4.98 Å². The SMILES string of the molecule is NC(=O)OC1CCCc2cc(-c3ccncc3F)ccc21. The van der Waals surface area contributed by atoms with E-state index in [1.165, 1.54) is 6.20 Å². The zero-order valence-corrected chi connectivity index (χ0v) is 11.4. The third kappa shape index (κ3) is 2.72. The average Bonchev–Trinajstić information content (AvgIpc) is 2.47. The van der Waals surface area contributed by atoms with Crippen molar-refractivity contribution in [3.05, 3.63) is 53.6 Å². The van der Waals surface area contributed by atoms with E-state index in [-0.39, 0.29) is 11.9 Å². The van der Waals surface area contributed by atoms with Gasteiger partial charge in [0.1, 0.15) is 11.9 Å². The van der Waals surface area contributed by atoms with Crippen molar-refractivity contribution in [2.45, 2.75) is 25.4 Å². The first-order chi connectivity index (χ1) is 10.1. The molecule has 21 heavy (non-hydrogen) atoms. The molecule has 1 atom stereocenters. The number of pyridine rings is 1. The molecule has 0 saturated heterocycles. The van der Waals surface area contributed by atoms with Crippen LogP contribution in [0.3, 0.4) is 0 Å². The maximum atomic E-state index is 13.8. The number of halogens is 1. The number of carbonyl (C=O) groups is 1. The smallest absolute Gasteiger partial charge is 0.405 e. The van der Waals surface area contributed by atoms with Crippen LogP contribution in [0.5, 0.6) is 0 Å². The number of carbonyl (C=O) groups excluding carboxylic acids is 1. The Morgan fingerprint density at radius 1 is 1.38 bits per heavy atom. The summed E-state index contributed by atoms with van der Waals surface area (Å²) in [5.41, 5.74) is 8.45. The lowest BCUT2D eigenvalue weighted by Crippen LogP contribution is -2.20. The van der Waals surface area contributed by atoms with Gasteiger partial charge in [-0.1, -0.05) is 18.2 Å². The Balaban J connectivity index is 1.98. The van der Waals surface area contributed by atoms with Gasteiger partial charge in [0.05, 0.1) is 6.20 Å². The molecule has 0 radical (unpaired) electrons. The van der Waals surface area contributed by atoms with Crippen molar-refractivity contribution in [1.82, 2.24) is 4.98 Å². The summed E-state index contributed by atoms with van der Waals surface area (Å²) in [6, 6.07) is 7.32. The first kappa shape index (κ1) is 13.5. The van der Waals surface area contributed by atoms with Gasteiger partial charge in [0.2, 0.25) is 0 Å². The lowest BCUT2D eigenvalue weighted by atomic mass is 9.87. The van der Waals surface area contributed by atoms with Crippen LogP contribution in [0.1, 0.15) is 30.1 Å². The molecule has 1 aromatic carbocycles. The number of rotatable bonds is 2. The maximum Gasteiger partial charge on any atom is 0.405 e.